The van der Waals surface area contributed by atoms with Crippen LogP contribution in [0.1, 0.15) is 19.8 Å². The number of carbonyl (C=O) groups is 2. The fourth-order valence-electron chi connectivity index (χ4n) is 2.63. The smallest absolute Gasteiger partial charge is 0.241 e. The van der Waals surface area contributed by atoms with Crippen LogP contribution in [0.25, 0.3) is 0 Å². The zero-order valence-corrected chi connectivity index (χ0v) is 13.8. The van der Waals surface area contributed by atoms with Gasteiger partial charge in [-0.15, -0.1) is 0 Å². The number of carbonyl (C=O) groups excluding carboxylic acids is 2. The van der Waals surface area contributed by atoms with Crippen LogP contribution in [0.3, 0.4) is 0 Å². The van der Waals surface area contributed by atoms with Gasteiger partial charge in [0.25, 0.3) is 0 Å². The third-order valence-corrected chi connectivity index (χ3v) is 4.35. The van der Waals surface area contributed by atoms with Gasteiger partial charge in [0.05, 0.1) is 12.0 Å². The Morgan fingerprint density at radius 1 is 1.32 bits per heavy atom. The summed E-state index contributed by atoms with van der Waals surface area (Å²) >= 11 is 11.8. The molecular weight excluding hydrogens is 325 g/mol. The molecule has 3 N–H and O–H groups in total. The minimum atomic E-state index is -0.361. The van der Waals surface area contributed by atoms with E-state index in [-0.39, 0.29) is 23.8 Å². The molecule has 22 heavy (non-hydrogen) atoms. The molecule has 0 aliphatic carbocycles. The first-order chi connectivity index (χ1) is 10.4. The van der Waals surface area contributed by atoms with Crippen molar-refractivity contribution in [2.75, 3.05) is 18.4 Å². The Morgan fingerprint density at radius 3 is 2.55 bits per heavy atom. The number of amides is 2. The molecule has 1 saturated heterocycles. The maximum absolute atomic E-state index is 12.4. The van der Waals surface area contributed by atoms with Crippen LogP contribution in [-0.2, 0) is 9.59 Å². The maximum Gasteiger partial charge on any atom is 0.241 e. The molecule has 1 heterocycles. The molecular formula is C15H19Cl2N3O2. The van der Waals surface area contributed by atoms with E-state index in [1.165, 1.54) is 0 Å². The second-order valence-electron chi connectivity index (χ2n) is 5.56. The topological polar surface area (TPSA) is 75.4 Å². The number of benzene rings is 1. The molecule has 120 valence electrons. The highest BCUT2D eigenvalue weighted by Gasteiger charge is 2.29. The van der Waals surface area contributed by atoms with E-state index in [9.17, 15) is 9.59 Å². The van der Waals surface area contributed by atoms with Crippen molar-refractivity contribution in [3.8, 4) is 0 Å². The highest BCUT2D eigenvalue weighted by molar-refractivity contribution is 6.35. The molecule has 0 bridgehead atoms. The average Bonchev–Trinajstić information content (AvgIpc) is 2.45. The van der Waals surface area contributed by atoms with E-state index < -0.39 is 0 Å². The quantitative estimate of drug-likeness (QED) is 0.881. The molecule has 7 heteroatoms. The lowest BCUT2D eigenvalue weighted by Crippen LogP contribution is -2.49. The van der Waals surface area contributed by atoms with E-state index in [0.29, 0.717) is 22.3 Å². The largest absolute Gasteiger partial charge is 0.369 e. The van der Waals surface area contributed by atoms with Crippen molar-refractivity contribution in [3.05, 3.63) is 28.2 Å². The van der Waals surface area contributed by atoms with Gasteiger partial charge < -0.3 is 11.1 Å². The third-order valence-electron chi connectivity index (χ3n) is 3.91. The first-order valence-corrected chi connectivity index (χ1v) is 7.92. The Morgan fingerprint density at radius 2 is 1.95 bits per heavy atom. The molecule has 2 unspecified atom stereocenters. The summed E-state index contributed by atoms with van der Waals surface area (Å²) in [6.07, 6.45) is 1.64. The van der Waals surface area contributed by atoms with Gasteiger partial charge in [-0.05, 0) is 44.5 Å². The minimum absolute atomic E-state index is 0.163. The van der Waals surface area contributed by atoms with Gasteiger partial charge in [-0.3, -0.25) is 14.5 Å². The summed E-state index contributed by atoms with van der Waals surface area (Å²) in [6.45, 7) is 3.10. The van der Waals surface area contributed by atoms with Crippen LogP contribution in [0.2, 0.25) is 10.0 Å². The number of nitrogens with two attached hydrogens (primary N) is 1. The summed E-state index contributed by atoms with van der Waals surface area (Å²) in [6, 6.07) is 4.52. The van der Waals surface area contributed by atoms with Crippen molar-refractivity contribution >= 4 is 40.7 Å². The fourth-order valence-corrected chi connectivity index (χ4v) is 3.15. The Kier molecular flexibility index (Phi) is 5.67. The van der Waals surface area contributed by atoms with Gasteiger partial charge in [0.1, 0.15) is 0 Å². The molecule has 0 radical (unpaired) electrons. The Hall–Kier alpha value is -1.30. The maximum atomic E-state index is 12.4. The van der Waals surface area contributed by atoms with Crippen molar-refractivity contribution < 1.29 is 9.59 Å². The molecule has 5 nitrogen and oxygen atoms in total. The number of hydrogen-bond donors (Lipinski definition) is 2. The lowest BCUT2D eigenvalue weighted by Gasteiger charge is -2.34. The molecule has 2 rings (SSSR count). The molecule has 1 fully saturated rings. The first kappa shape index (κ1) is 17.1. The Labute approximate surface area is 139 Å². The van der Waals surface area contributed by atoms with E-state index in [0.717, 1.165) is 19.4 Å². The SMILES string of the molecule is CC(C(=O)Nc1cc(Cl)cc(Cl)c1)N1CCCC(C(N)=O)C1. The number of halogens is 2. The molecule has 1 aromatic rings. The Balaban J connectivity index is 2.00. The number of piperidine rings is 1. The van der Waals surface area contributed by atoms with E-state index in [2.05, 4.69) is 5.32 Å². The normalized spacial score (nSPS) is 20.4. The van der Waals surface area contributed by atoms with Gasteiger partial charge in [-0.1, -0.05) is 23.2 Å². The zero-order valence-electron chi connectivity index (χ0n) is 12.3. The standard InChI is InChI=1S/C15H19Cl2N3O2/c1-9(20-4-2-3-10(8-20)14(18)21)15(22)19-13-6-11(16)5-12(17)7-13/h5-7,9-10H,2-4,8H2,1H3,(H2,18,21)(H,19,22). The molecule has 2 amide bonds. The lowest BCUT2D eigenvalue weighted by molar-refractivity contribution is -0.127. The number of anilines is 1. The molecule has 0 spiro atoms. The summed E-state index contributed by atoms with van der Waals surface area (Å²) < 4.78 is 0. The first-order valence-electron chi connectivity index (χ1n) is 7.17. The third kappa shape index (κ3) is 4.35. The Bertz CT molecular complexity index is 560. The van der Waals surface area contributed by atoms with Crippen LogP contribution in [-0.4, -0.2) is 35.8 Å². The molecule has 1 aliphatic heterocycles. The highest BCUT2D eigenvalue weighted by atomic mass is 35.5. The zero-order chi connectivity index (χ0) is 16.3. The van der Waals surface area contributed by atoms with Crippen molar-refractivity contribution in [1.29, 1.82) is 0 Å². The van der Waals surface area contributed by atoms with Crippen LogP contribution in [0, 0.1) is 5.92 Å². The average molecular weight is 344 g/mol. The summed E-state index contributed by atoms with van der Waals surface area (Å²) in [5.41, 5.74) is 5.92. The van der Waals surface area contributed by atoms with Crippen molar-refractivity contribution in [1.82, 2.24) is 4.90 Å². The van der Waals surface area contributed by atoms with Gasteiger partial charge in [0.2, 0.25) is 11.8 Å². The van der Waals surface area contributed by atoms with Crippen LogP contribution in [0.4, 0.5) is 5.69 Å². The number of nitrogens with one attached hydrogen (secondary N) is 1. The van der Waals surface area contributed by atoms with Gasteiger partial charge in [0.15, 0.2) is 0 Å². The molecule has 0 saturated carbocycles. The summed E-state index contributed by atoms with van der Waals surface area (Å²) in [7, 11) is 0. The number of likely N-dealkylation sites (tertiary alicyclic amines) is 1. The van der Waals surface area contributed by atoms with Crippen molar-refractivity contribution in [3.63, 3.8) is 0 Å². The predicted octanol–water partition coefficient (Wildman–Crippen LogP) is 2.52. The number of rotatable bonds is 4. The van der Waals surface area contributed by atoms with Gasteiger partial charge >= 0.3 is 0 Å². The van der Waals surface area contributed by atoms with E-state index in [1.54, 1.807) is 18.2 Å². The summed E-state index contributed by atoms with van der Waals surface area (Å²) in [4.78, 5) is 25.7. The van der Waals surface area contributed by atoms with Gasteiger partial charge in [-0.2, -0.15) is 0 Å². The molecule has 0 aromatic heterocycles. The second kappa shape index (κ2) is 7.31. The lowest BCUT2D eigenvalue weighted by atomic mass is 9.96. The molecule has 1 aliphatic rings. The monoisotopic (exact) mass is 343 g/mol. The number of nitrogens with zero attached hydrogens (tertiary/aromatic N) is 1. The minimum Gasteiger partial charge on any atom is -0.369 e. The van der Waals surface area contributed by atoms with E-state index >= 15 is 0 Å². The fraction of sp³-hybridized carbons (Fsp3) is 0.467. The highest BCUT2D eigenvalue weighted by Crippen LogP contribution is 2.23. The summed E-state index contributed by atoms with van der Waals surface area (Å²) in [5.74, 6) is -0.660. The molecule has 1 aromatic carbocycles. The summed E-state index contributed by atoms with van der Waals surface area (Å²) in [5, 5.41) is 3.72. The number of primary amides is 1. The van der Waals surface area contributed by atoms with E-state index in [1.807, 2.05) is 11.8 Å². The van der Waals surface area contributed by atoms with Gasteiger partial charge in [0, 0.05) is 22.3 Å². The van der Waals surface area contributed by atoms with Crippen LogP contribution in [0.5, 0.6) is 0 Å². The van der Waals surface area contributed by atoms with Crippen molar-refractivity contribution in [2.24, 2.45) is 11.7 Å². The second-order valence-corrected chi connectivity index (χ2v) is 6.43. The number of hydrogen-bond acceptors (Lipinski definition) is 3. The predicted molar refractivity (Wildman–Crippen MR) is 88.0 cm³/mol. The van der Waals surface area contributed by atoms with Crippen LogP contribution < -0.4 is 11.1 Å². The van der Waals surface area contributed by atoms with E-state index in [4.69, 9.17) is 28.9 Å². The van der Waals surface area contributed by atoms with Crippen molar-refractivity contribution in [2.45, 2.75) is 25.8 Å². The molecule has 2 atom stereocenters. The van der Waals surface area contributed by atoms with Crippen LogP contribution >= 0.6 is 23.2 Å². The van der Waals surface area contributed by atoms with Gasteiger partial charge in [-0.25, -0.2) is 0 Å². The van der Waals surface area contributed by atoms with Crippen LogP contribution in [0.15, 0.2) is 18.2 Å².